The van der Waals surface area contributed by atoms with Crippen LogP contribution in [0.2, 0.25) is 0 Å². The van der Waals surface area contributed by atoms with E-state index in [0.29, 0.717) is 5.56 Å². The number of benzene rings is 2. The molecule has 7 nitrogen and oxygen atoms in total. The third-order valence-corrected chi connectivity index (χ3v) is 2.77. The molecule has 0 aliphatic heterocycles. The Labute approximate surface area is 120 Å². The number of hydrogen-bond acceptors (Lipinski definition) is 5. The average Bonchev–Trinajstić information content (AvgIpc) is 2.53. The number of nitro groups is 1. The number of carbonyl (C=O) groups excluding carboxylic acids is 1. The zero-order valence-electron chi connectivity index (χ0n) is 10.9. The van der Waals surface area contributed by atoms with E-state index in [4.69, 9.17) is 10.6 Å². The number of nitrogens with one attached hydrogen (secondary N) is 1. The van der Waals surface area contributed by atoms with E-state index in [0.717, 1.165) is 0 Å². The molecule has 0 heterocycles. The maximum atomic E-state index is 11.8. The lowest BCUT2D eigenvalue weighted by Gasteiger charge is -2.17. The number of hydrazine groups is 1. The van der Waals surface area contributed by atoms with Crippen LogP contribution in [-0.4, -0.2) is 10.8 Å². The standard InChI is InChI=1S/C14H13N3O4/c15-16-14(18)13(10-5-2-1-3-6-10)21-12-8-4-7-11(9-12)17(19)20/h1-9,13H,15H2,(H,16,18). The lowest BCUT2D eigenvalue weighted by atomic mass is 10.1. The molecule has 0 fully saturated rings. The van der Waals surface area contributed by atoms with Crippen LogP contribution in [0.3, 0.4) is 0 Å². The molecule has 0 spiro atoms. The van der Waals surface area contributed by atoms with Crippen molar-refractivity contribution < 1.29 is 14.5 Å². The molecule has 1 unspecified atom stereocenters. The Morgan fingerprint density at radius 3 is 2.52 bits per heavy atom. The summed E-state index contributed by atoms with van der Waals surface area (Å²) in [6.07, 6.45) is -0.988. The van der Waals surface area contributed by atoms with E-state index in [2.05, 4.69) is 0 Å². The van der Waals surface area contributed by atoms with Gasteiger partial charge in [-0.05, 0) is 6.07 Å². The lowest BCUT2D eigenvalue weighted by Crippen LogP contribution is -2.37. The van der Waals surface area contributed by atoms with Gasteiger partial charge in [0, 0.05) is 11.6 Å². The molecular formula is C14H13N3O4. The number of nitro benzene ring substituents is 1. The minimum absolute atomic E-state index is 0.118. The predicted molar refractivity (Wildman–Crippen MR) is 75.2 cm³/mol. The maximum absolute atomic E-state index is 11.8. The molecule has 0 aliphatic rings. The molecule has 0 saturated heterocycles. The molecule has 0 aromatic heterocycles. The van der Waals surface area contributed by atoms with Crippen LogP contribution in [0.1, 0.15) is 11.7 Å². The molecule has 21 heavy (non-hydrogen) atoms. The largest absolute Gasteiger partial charge is 0.476 e. The number of rotatable bonds is 5. The maximum Gasteiger partial charge on any atom is 0.279 e. The van der Waals surface area contributed by atoms with E-state index in [1.165, 1.54) is 24.3 Å². The van der Waals surface area contributed by atoms with Crippen molar-refractivity contribution in [2.45, 2.75) is 6.10 Å². The Morgan fingerprint density at radius 2 is 1.90 bits per heavy atom. The lowest BCUT2D eigenvalue weighted by molar-refractivity contribution is -0.384. The second-order valence-electron chi connectivity index (χ2n) is 4.17. The van der Waals surface area contributed by atoms with Gasteiger partial charge in [0.2, 0.25) is 6.10 Å². The highest BCUT2D eigenvalue weighted by molar-refractivity contribution is 5.82. The third kappa shape index (κ3) is 3.54. The number of hydrogen-bond donors (Lipinski definition) is 2. The highest BCUT2D eigenvalue weighted by atomic mass is 16.6. The fraction of sp³-hybridized carbons (Fsp3) is 0.0714. The van der Waals surface area contributed by atoms with E-state index >= 15 is 0 Å². The van der Waals surface area contributed by atoms with Gasteiger partial charge in [0.25, 0.3) is 11.6 Å². The average molecular weight is 287 g/mol. The van der Waals surface area contributed by atoms with Crippen LogP contribution < -0.4 is 16.0 Å². The zero-order chi connectivity index (χ0) is 15.2. The fourth-order valence-electron chi connectivity index (χ4n) is 1.78. The summed E-state index contributed by atoms with van der Waals surface area (Å²) in [5.41, 5.74) is 2.50. The third-order valence-electron chi connectivity index (χ3n) is 2.77. The Balaban J connectivity index is 2.29. The van der Waals surface area contributed by atoms with Gasteiger partial charge < -0.3 is 4.74 Å². The van der Waals surface area contributed by atoms with Crippen molar-refractivity contribution in [3.63, 3.8) is 0 Å². The zero-order valence-corrected chi connectivity index (χ0v) is 10.9. The van der Waals surface area contributed by atoms with E-state index in [9.17, 15) is 14.9 Å². The van der Waals surface area contributed by atoms with Crippen molar-refractivity contribution >= 4 is 11.6 Å². The van der Waals surface area contributed by atoms with Crippen molar-refractivity contribution in [3.8, 4) is 5.75 Å². The van der Waals surface area contributed by atoms with E-state index < -0.39 is 16.9 Å². The Kier molecular flexibility index (Phi) is 4.47. The summed E-state index contributed by atoms with van der Waals surface area (Å²) in [5.74, 6) is 4.82. The molecule has 7 heteroatoms. The summed E-state index contributed by atoms with van der Waals surface area (Å²) in [5, 5.41) is 10.7. The Morgan fingerprint density at radius 1 is 1.19 bits per heavy atom. The molecular weight excluding hydrogens is 274 g/mol. The van der Waals surface area contributed by atoms with Gasteiger partial charge in [-0.25, -0.2) is 5.84 Å². The molecule has 0 bridgehead atoms. The highest BCUT2D eigenvalue weighted by Gasteiger charge is 2.22. The van der Waals surface area contributed by atoms with Crippen molar-refractivity contribution in [1.82, 2.24) is 5.43 Å². The monoisotopic (exact) mass is 287 g/mol. The summed E-state index contributed by atoms with van der Waals surface area (Å²) >= 11 is 0. The topological polar surface area (TPSA) is 107 Å². The first-order valence-corrected chi connectivity index (χ1v) is 6.08. The van der Waals surface area contributed by atoms with Crippen LogP contribution in [0, 0.1) is 10.1 Å². The number of ether oxygens (including phenoxy) is 1. The van der Waals surface area contributed by atoms with Crippen LogP contribution >= 0.6 is 0 Å². The molecule has 2 rings (SSSR count). The van der Waals surface area contributed by atoms with Crippen molar-refractivity contribution in [3.05, 3.63) is 70.3 Å². The van der Waals surface area contributed by atoms with Gasteiger partial charge in [-0.1, -0.05) is 36.4 Å². The summed E-state index contributed by atoms with van der Waals surface area (Å²) < 4.78 is 5.55. The highest BCUT2D eigenvalue weighted by Crippen LogP contribution is 2.25. The number of amides is 1. The predicted octanol–water partition coefficient (Wildman–Crippen LogP) is 1.70. The summed E-state index contributed by atoms with van der Waals surface area (Å²) in [4.78, 5) is 22.1. The van der Waals surface area contributed by atoms with Crippen LogP contribution in [0.25, 0.3) is 0 Å². The van der Waals surface area contributed by atoms with Gasteiger partial charge in [0.05, 0.1) is 11.0 Å². The summed E-state index contributed by atoms with van der Waals surface area (Å²) in [6, 6.07) is 14.3. The van der Waals surface area contributed by atoms with Crippen molar-refractivity contribution in [2.75, 3.05) is 0 Å². The molecule has 1 atom stereocenters. The molecule has 2 aromatic carbocycles. The first-order chi connectivity index (χ1) is 10.1. The van der Waals surface area contributed by atoms with E-state index in [1.807, 2.05) is 5.43 Å². The van der Waals surface area contributed by atoms with E-state index in [-0.39, 0.29) is 11.4 Å². The van der Waals surface area contributed by atoms with Gasteiger partial charge in [-0.15, -0.1) is 0 Å². The van der Waals surface area contributed by atoms with Gasteiger partial charge in [-0.3, -0.25) is 20.3 Å². The summed E-state index contributed by atoms with van der Waals surface area (Å²) in [7, 11) is 0. The van der Waals surface area contributed by atoms with Gasteiger partial charge in [0.15, 0.2) is 0 Å². The molecule has 0 saturated carbocycles. The van der Waals surface area contributed by atoms with Gasteiger partial charge in [-0.2, -0.15) is 0 Å². The van der Waals surface area contributed by atoms with Crippen molar-refractivity contribution in [1.29, 1.82) is 0 Å². The fourth-order valence-corrected chi connectivity index (χ4v) is 1.78. The van der Waals surface area contributed by atoms with E-state index in [1.54, 1.807) is 30.3 Å². The minimum atomic E-state index is -0.988. The second kappa shape index (κ2) is 6.49. The number of non-ortho nitro benzene ring substituents is 1. The minimum Gasteiger partial charge on any atom is -0.476 e. The first-order valence-electron chi connectivity index (χ1n) is 6.08. The number of carbonyl (C=O) groups is 1. The normalized spacial score (nSPS) is 11.5. The van der Waals surface area contributed by atoms with Crippen LogP contribution in [0.15, 0.2) is 54.6 Å². The molecule has 0 radical (unpaired) electrons. The smallest absolute Gasteiger partial charge is 0.279 e. The Hall–Kier alpha value is -2.93. The van der Waals surface area contributed by atoms with Crippen LogP contribution in [-0.2, 0) is 4.79 Å². The molecule has 0 aliphatic carbocycles. The van der Waals surface area contributed by atoms with Crippen LogP contribution in [0.4, 0.5) is 5.69 Å². The summed E-state index contributed by atoms with van der Waals surface area (Å²) in [6.45, 7) is 0. The SMILES string of the molecule is NNC(=O)C(Oc1cccc([N+](=O)[O-])c1)c1ccccc1. The Bertz CT molecular complexity index is 646. The quantitative estimate of drug-likeness (QED) is 0.376. The second-order valence-corrected chi connectivity index (χ2v) is 4.17. The van der Waals surface area contributed by atoms with Crippen LogP contribution in [0.5, 0.6) is 5.75 Å². The van der Waals surface area contributed by atoms with Crippen molar-refractivity contribution in [2.24, 2.45) is 5.84 Å². The van der Waals surface area contributed by atoms with Gasteiger partial charge >= 0.3 is 0 Å². The molecule has 1 amide bonds. The van der Waals surface area contributed by atoms with Gasteiger partial charge in [0.1, 0.15) is 5.75 Å². The first kappa shape index (κ1) is 14.5. The number of nitrogens with zero attached hydrogens (tertiary/aromatic N) is 1. The molecule has 2 aromatic rings. The number of nitrogens with two attached hydrogens (primary N) is 1. The molecule has 3 N–H and O–H groups in total. The molecule has 108 valence electrons.